The predicted octanol–water partition coefficient (Wildman–Crippen LogP) is 1.97. The van der Waals surface area contributed by atoms with E-state index in [2.05, 4.69) is 21.1 Å². The molecule has 6 rings (SSSR count). The summed E-state index contributed by atoms with van der Waals surface area (Å²) in [7, 11) is 0. The first-order valence-electron chi connectivity index (χ1n) is 10.4. The van der Waals surface area contributed by atoms with Gasteiger partial charge in [-0.05, 0) is 31.5 Å². The van der Waals surface area contributed by atoms with Crippen LogP contribution in [0.5, 0.6) is 5.75 Å². The summed E-state index contributed by atoms with van der Waals surface area (Å²) in [5.41, 5.74) is 2.64. The zero-order chi connectivity index (χ0) is 22.4. The summed E-state index contributed by atoms with van der Waals surface area (Å²) < 4.78 is 7.27. The summed E-state index contributed by atoms with van der Waals surface area (Å²) in [6.45, 7) is 3.04. The van der Waals surface area contributed by atoms with Gasteiger partial charge in [0.25, 0.3) is 0 Å². The van der Waals surface area contributed by atoms with Crippen molar-refractivity contribution in [1.82, 2.24) is 19.5 Å². The predicted molar refractivity (Wildman–Crippen MR) is 115 cm³/mol. The van der Waals surface area contributed by atoms with Crippen LogP contribution in [0.4, 0.5) is 10.6 Å². The Morgan fingerprint density at radius 1 is 1.34 bits per heavy atom. The number of carboxylic acid groups (broad SMARTS) is 1. The molecule has 3 aromatic rings. The molecule has 2 unspecified atom stereocenters. The molecule has 10 nitrogen and oxygen atoms in total. The molecule has 0 aromatic carbocycles. The molecule has 3 fully saturated rings. The Morgan fingerprint density at radius 3 is 2.75 bits per heavy atom. The summed E-state index contributed by atoms with van der Waals surface area (Å²) in [6.07, 6.45) is 4.36. The average Bonchev–Trinajstić information content (AvgIpc) is 3.20. The lowest BCUT2D eigenvalue weighted by Gasteiger charge is -2.55. The molecule has 164 valence electrons. The molecule has 3 aromatic heterocycles. The van der Waals surface area contributed by atoms with E-state index in [0.717, 1.165) is 23.4 Å². The average molecular weight is 434 g/mol. The second kappa shape index (κ2) is 7.69. The highest BCUT2D eigenvalue weighted by molar-refractivity contribution is 5.85. The van der Waals surface area contributed by atoms with Gasteiger partial charge in [0.2, 0.25) is 0 Å². The molecule has 10 heteroatoms. The summed E-state index contributed by atoms with van der Waals surface area (Å²) >= 11 is 0. The number of fused-ring (bicyclic) bond motifs is 3. The fraction of sp³-hybridized carbons (Fsp3) is 0.364. The van der Waals surface area contributed by atoms with Gasteiger partial charge in [-0.2, -0.15) is 10.4 Å². The molecule has 3 aliphatic rings. The number of amides is 1. The van der Waals surface area contributed by atoms with E-state index in [-0.39, 0.29) is 18.7 Å². The second-order valence-corrected chi connectivity index (χ2v) is 8.26. The third-order valence-electron chi connectivity index (χ3n) is 6.00. The van der Waals surface area contributed by atoms with E-state index in [4.69, 9.17) is 4.74 Å². The van der Waals surface area contributed by atoms with Crippen LogP contribution in [0, 0.1) is 11.3 Å². The van der Waals surface area contributed by atoms with Gasteiger partial charge in [-0.25, -0.2) is 14.3 Å². The molecule has 0 aliphatic carbocycles. The quantitative estimate of drug-likeness (QED) is 0.624. The molecule has 2 bridgehead atoms. The Balaban J connectivity index is 1.44. The Morgan fingerprint density at radius 2 is 2.12 bits per heavy atom. The fourth-order valence-electron chi connectivity index (χ4n) is 4.54. The van der Waals surface area contributed by atoms with Crippen molar-refractivity contribution in [2.75, 3.05) is 24.6 Å². The minimum absolute atomic E-state index is 0.0140. The number of ether oxygens (including phenoxy) is 1. The van der Waals surface area contributed by atoms with E-state index in [1.54, 1.807) is 23.8 Å². The largest absolute Gasteiger partial charge is 0.489 e. The van der Waals surface area contributed by atoms with Crippen molar-refractivity contribution in [2.45, 2.75) is 31.5 Å². The van der Waals surface area contributed by atoms with Crippen LogP contribution < -0.4 is 9.64 Å². The number of anilines is 1. The normalized spacial score (nSPS) is 20.5. The Hall–Kier alpha value is -3.84. The van der Waals surface area contributed by atoms with E-state index in [9.17, 15) is 20.3 Å². The van der Waals surface area contributed by atoms with Crippen molar-refractivity contribution in [2.24, 2.45) is 0 Å². The third kappa shape index (κ3) is 3.36. The molecule has 32 heavy (non-hydrogen) atoms. The van der Waals surface area contributed by atoms with Gasteiger partial charge in [-0.15, -0.1) is 0 Å². The highest BCUT2D eigenvalue weighted by Gasteiger charge is 2.47. The van der Waals surface area contributed by atoms with Crippen LogP contribution in [0.2, 0.25) is 0 Å². The summed E-state index contributed by atoms with van der Waals surface area (Å²) in [4.78, 5) is 19.6. The molecular formula is C22H22N6O4. The van der Waals surface area contributed by atoms with Crippen LogP contribution in [0.15, 0.2) is 36.8 Å². The SMILES string of the molecule is C[C@@H](O)COc1cc(-c2ccc(N3CC4CC(C3)N4C(=O)O)nc2)c2c(C#N)cnn2c1. The number of pyridine rings is 2. The lowest BCUT2D eigenvalue weighted by atomic mass is 9.88. The number of aromatic nitrogens is 3. The number of piperidine rings is 1. The van der Waals surface area contributed by atoms with Gasteiger partial charge in [-0.3, -0.25) is 4.90 Å². The molecule has 2 N–H and O–H groups in total. The summed E-state index contributed by atoms with van der Waals surface area (Å²) in [5.74, 6) is 1.31. The van der Waals surface area contributed by atoms with Gasteiger partial charge in [-0.1, -0.05) is 0 Å². The van der Waals surface area contributed by atoms with Crippen LogP contribution in [0.25, 0.3) is 16.6 Å². The van der Waals surface area contributed by atoms with Gasteiger partial charge in [0, 0.05) is 30.4 Å². The zero-order valence-corrected chi connectivity index (χ0v) is 17.4. The molecule has 0 saturated carbocycles. The van der Waals surface area contributed by atoms with Gasteiger partial charge in [0.1, 0.15) is 24.2 Å². The Kier molecular flexibility index (Phi) is 4.83. The summed E-state index contributed by atoms with van der Waals surface area (Å²) in [6, 6.07) is 7.86. The smallest absolute Gasteiger partial charge is 0.407 e. The monoisotopic (exact) mass is 434 g/mol. The van der Waals surface area contributed by atoms with E-state index in [1.807, 2.05) is 18.2 Å². The molecule has 0 radical (unpaired) electrons. The van der Waals surface area contributed by atoms with Gasteiger partial charge < -0.3 is 19.8 Å². The highest BCUT2D eigenvalue weighted by Crippen LogP contribution is 2.35. The maximum atomic E-state index is 11.3. The maximum Gasteiger partial charge on any atom is 0.407 e. The van der Waals surface area contributed by atoms with Gasteiger partial charge in [0.05, 0.1) is 41.7 Å². The van der Waals surface area contributed by atoms with E-state index in [0.29, 0.717) is 29.9 Å². The number of nitrogens with zero attached hydrogens (tertiary/aromatic N) is 6. The van der Waals surface area contributed by atoms with Gasteiger partial charge in [0.15, 0.2) is 0 Å². The molecule has 6 heterocycles. The number of hydrogen-bond donors (Lipinski definition) is 2. The van der Waals surface area contributed by atoms with Crippen LogP contribution in [0.1, 0.15) is 18.9 Å². The minimum atomic E-state index is -0.856. The standard InChI is InChI=1S/C22H22N6O4/c1-13(29)12-32-18-5-19(21-15(6-23)8-25-27(21)11-18)14-2-3-20(24-7-14)26-9-16-4-17(10-26)28(16)22(30)31/h2-3,5,7-8,11,13,16-17,29H,4,9-10,12H2,1H3,(H,30,31)/t13-,16?,17?/m1/s1. The van der Waals surface area contributed by atoms with Crippen LogP contribution in [-0.2, 0) is 0 Å². The van der Waals surface area contributed by atoms with Crippen molar-refractivity contribution in [3.8, 4) is 22.9 Å². The second-order valence-electron chi connectivity index (χ2n) is 8.26. The molecular weight excluding hydrogens is 412 g/mol. The van der Waals surface area contributed by atoms with Crippen molar-refractivity contribution in [1.29, 1.82) is 5.26 Å². The molecule has 3 atom stereocenters. The number of aliphatic hydroxyl groups excluding tert-OH is 1. The van der Waals surface area contributed by atoms with Crippen molar-refractivity contribution < 1.29 is 19.7 Å². The Labute approximate surface area is 183 Å². The lowest BCUT2D eigenvalue weighted by molar-refractivity contribution is 0.0112. The van der Waals surface area contributed by atoms with E-state index in [1.165, 1.54) is 11.1 Å². The van der Waals surface area contributed by atoms with Crippen LogP contribution >= 0.6 is 0 Å². The van der Waals surface area contributed by atoms with E-state index < -0.39 is 12.2 Å². The first kappa shape index (κ1) is 20.1. The third-order valence-corrected chi connectivity index (χ3v) is 6.00. The molecule has 3 aliphatic heterocycles. The van der Waals surface area contributed by atoms with Crippen LogP contribution in [0.3, 0.4) is 0 Å². The number of rotatable bonds is 5. The van der Waals surface area contributed by atoms with E-state index >= 15 is 0 Å². The first-order chi connectivity index (χ1) is 15.4. The van der Waals surface area contributed by atoms with Gasteiger partial charge >= 0.3 is 6.09 Å². The number of hydrogen-bond acceptors (Lipinski definition) is 7. The number of carbonyl (C=O) groups is 1. The topological polar surface area (TPSA) is 127 Å². The molecule has 3 saturated heterocycles. The maximum absolute atomic E-state index is 11.3. The number of nitriles is 1. The van der Waals surface area contributed by atoms with Crippen LogP contribution in [-0.4, -0.2) is 73.7 Å². The summed E-state index contributed by atoms with van der Waals surface area (Å²) in [5, 5.41) is 32.6. The minimum Gasteiger partial charge on any atom is -0.489 e. The highest BCUT2D eigenvalue weighted by atomic mass is 16.5. The molecule has 1 amide bonds. The molecule has 0 spiro atoms. The lowest BCUT2D eigenvalue weighted by Crippen LogP contribution is -2.70. The first-order valence-corrected chi connectivity index (χ1v) is 10.4. The Bertz CT molecular complexity index is 1200. The fourth-order valence-corrected chi connectivity index (χ4v) is 4.54. The zero-order valence-electron chi connectivity index (χ0n) is 17.4. The number of piperazine rings is 1. The van der Waals surface area contributed by atoms with Crippen molar-refractivity contribution in [3.05, 3.63) is 42.4 Å². The van der Waals surface area contributed by atoms with Crippen molar-refractivity contribution >= 4 is 17.4 Å². The van der Waals surface area contributed by atoms with Crippen molar-refractivity contribution in [3.63, 3.8) is 0 Å². The number of aliphatic hydroxyl groups is 1.